The predicted octanol–water partition coefficient (Wildman–Crippen LogP) is 7.92. The Hall–Kier alpha value is -0.0400. The summed E-state index contributed by atoms with van der Waals surface area (Å²) >= 11 is 0. The molecule has 0 N–H and O–H groups in total. The summed E-state index contributed by atoms with van der Waals surface area (Å²) in [6.07, 6.45) is 18.6. The Bertz CT molecular complexity index is 214. The van der Waals surface area contributed by atoms with Crippen LogP contribution in [0.1, 0.15) is 125 Å². The van der Waals surface area contributed by atoms with Crippen molar-refractivity contribution in [1.29, 1.82) is 0 Å². The van der Waals surface area contributed by atoms with Crippen LogP contribution in [0, 0.1) is 5.92 Å². The molecule has 0 spiro atoms. The van der Waals surface area contributed by atoms with Gasteiger partial charge < -0.3 is 4.74 Å². The van der Waals surface area contributed by atoms with Gasteiger partial charge in [-0.05, 0) is 31.6 Å². The predicted molar refractivity (Wildman–Crippen MR) is 105 cm³/mol. The summed E-state index contributed by atoms with van der Waals surface area (Å²) in [5.74, 6) is 0.707. The van der Waals surface area contributed by atoms with Crippen LogP contribution in [0.2, 0.25) is 0 Å². The average Bonchev–Trinajstić information content (AvgIpc) is 2.57. The Morgan fingerprint density at radius 3 is 1.70 bits per heavy atom. The topological polar surface area (TPSA) is 9.23 Å². The van der Waals surface area contributed by atoms with Gasteiger partial charge in [0, 0.05) is 6.61 Å². The van der Waals surface area contributed by atoms with Crippen molar-refractivity contribution in [2.45, 2.75) is 130 Å². The van der Waals surface area contributed by atoms with Gasteiger partial charge in [0.05, 0.1) is 5.60 Å². The molecule has 0 saturated heterocycles. The average molecular weight is 327 g/mol. The van der Waals surface area contributed by atoms with Crippen LogP contribution in [0.3, 0.4) is 0 Å². The molecule has 0 heterocycles. The van der Waals surface area contributed by atoms with Gasteiger partial charge in [-0.2, -0.15) is 0 Å². The molecule has 1 atom stereocenters. The van der Waals surface area contributed by atoms with Crippen molar-refractivity contribution in [2.24, 2.45) is 5.92 Å². The van der Waals surface area contributed by atoms with E-state index in [1.54, 1.807) is 0 Å². The normalized spacial score (nSPS) is 13.4. The highest BCUT2D eigenvalue weighted by atomic mass is 16.5. The lowest BCUT2D eigenvalue weighted by atomic mass is 9.77. The number of hydrogen-bond donors (Lipinski definition) is 0. The van der Waals surface area contributed by atoms with Gasteiger partial charge in [-0.3, -0.25) is 0 Å². The van der Waals surface area contributed by atoms with Gasteiger partial charge >= 0.3 is 0 Å². The van der Waals surface area contributed by atoms with Crippen LogP contribution in [0.5, 0.6) is 0 Å². The molecule has 0 bridgehead atoms. The highest BCUT2D eigenvalue weighted by Gasteiger charge is 2.35. The highest BCUT2D eigenvalue weighted by molar-refractivity contribution is 4.86. The number of hydrogen-bond acceptors (Lipinski definition) is 1. The largest absolute Gasteiger partial charge is 0.375 e. The van der Waals surface area contributed by atoms with E-state index in [0.29, 0.717) is 5.92 Å². The Balaban J connectivity index is 4.50. The summed E-state index contributed by atoms with van der Waals surface area (Å²) in [7, 11) is 0. The van der Waals surface area contributed by atoms with Gasteiger partial charge in [0.2, 0.25) is 0 Å². The first kappa shape index (κ1) is 23.0. The number of ether oxygens (including phenoxy) is 1. The lowest BCUT2D eigenvalue weighted by Gasteiger charge is -2.40. The molecule has 0 aromatic rings. The van der Waals surface area contributed by atoms with Crippen molar-refractivity contribution in [2.75, 3.05) is 6.61 Å². The number of rotatable bonds is 17. The second kappa shape index (κ2) is 15.5. The summed E-state index contributed by atoms with van der Waals surface area (Å²) in [5.41, 5.74) is 0.158. The third-order valence-electron chi connectivity index (χ3n) is 5.39. The Kier molecular flexibility index (Phi) is 15.5. The summed E-state index contributed by atoms with van der Waals surface area (Å²) in [5, 5.41) is 0. The molecule has 23 heavy (non-hydrogen) atoms. The molecule has 0 aliphatic heterocycles. The van der Waals surface area contributed by atoms with Crippen LogP contribution in [-0.2, 0) is 4.74 Å². The molecule has 140 valence electrons. The maximum atomic E-state index is 6.54. The second-order valence-corrected chi connectivity index (χ2v) is 7.58. The SMILES string of the molecule is CCCCCCCCC(C)C(CCCC)(CCCC)OCCC. The summed E-state index contributed by atoms with van der Waals surface area (Å²) in [6, 6.07) is 0. The first-order valence-electron chi connectivity index (χ1n) is 10.8. The van der Waals surface area contributed by atoms with Gasteiger partial charge in [0.25, 0.3) is 0 Å². The standard InChI is InChI=1S/C22H46O/c1-6-10-13-14-15-16-17-21(5)22(18-11-7-2,19-12-8-3)23-20-9-4/h21H,6-20H2,1-5H3. The fourth-order valence-corrected chi connectivity index (χ4v) is 3.66. The van der Waals surface area contributed by atoms with Crippen LogP contribution in [0.15, 0.2) is 0 Å². The number of unbranched alkanes of at least 4 members (excludes halogenated alkanes) is 7. The van der Waals surface area contributed by atoms with Crippen molar-refractivity contribution < 1.29 is 4.74 Å². The smallest absolute Gasteiger partial charge is 0.0707 e. The first-order valence-corrected chi connectivity index (χ1v) is 10.8. The molecule has 0 aliphatic rings. The fourth-order valence-electron chi connectivity index (χ4n) is 3.66. The quantitative estimate of drug-likeness (QED) is 0.247. The minimum absolute atomic E-state index is 0.158. The fraction of sp³-hybridized carbons (Fsp3) is 1.00. The minimum atomic E-state index is 0.158. The molecular weight excluding hydrogens is 280 g/mol. The molecule has 0 aromatic heterocycles. The summed E-state index contributed by atoms with van der Waals surface area (Å²) in [4.78, 5) is 0. The van der Waals surface area contributed by atoms with Crippen LogP contribution in [0.25, 0.3) is 0 Å². The minimum Gasteiger partial charge on any atom is -0.375 e. The molecule has 0 aliphatic carbocycles. The molecule has 0 radical (unpaired) electrons. The van der Waals surface area contributed by atoms with Gasteiger partial charge in [-0.1, -0.05) is 98.8 Å². The van der Waals surface area contributed by atoms with Gasteiger partial charge in [-0.25, -0.2) is 0 Å². The van der Waals surface area contributed by atoms with E-state index in [0.717, 1.165) is 13.0 Å². The van der Waals surface area contributed by atoms with Gasteiger partial charge in [0.15, 0.2) is 0 Å². The summed E-state index contributed by atoms with van der Waals surface area (Å²) in [6.45, 7) is 12.6. The zero-order chi connectivity index (χ0) is 17.4. The van der Waals surface area contributed by atoms with E-state index >= 15 is 0 Å². The lowest BCUT2D eigenvalue weighted by molar-refractivity contribution is -0.0989. The van der Waals surface area contributed by atoms with Gasteiger partial charge in [-0.15, -0.1) is 0 Å². The van der Waals surface area contributed by atoms with Crippen molar-refractivity contribution >= 4 is 0 Å². The van der Waals surface area contributed by atoms with Crippen molar-refractivity contribution in [3.05, 3.63) is 0 Å². The van der Waals surface area contributed by atoms with Crippen LogP contribution in [-0.4, -0.2) is 12.2 Å². The highest BCUT2D eigenvalue weighted by Crippen LogP contribution is 2.36. The molecular formula is C22H46O. The second-order valence-electron chi connectivity index (χ2n) is 7.58. The third-order valence-corrected chi connectivity index (χ3v) is 5.39. The molecule has 1 unspecified atom stereocenters. The molecule has 0 rings (SSSR count). The summed E-state index contributed by atoms with van der Waals surface area (Å²) < 4.78 is 6.54. The van der Waals surface area contributed by atoms with Gasteiger partial charge in [0.1, 0.15) is 0 Å². The van der Waals surface area contributed by atoms with E-state index in [4.69, 9.17) is 4.74 Å². The van der Waals surface area contributed by atoms with E-state index in [2.05, 4.69) is 34.6 Å². The Labute approximate surface area is 148 Å². The van der Waals surface area contributed by atoms with E-state index in [1.807, 2.05) is 0 Å². The molecule has 1 nitrogen and oxygen atoms in total. The van der Waals surface area contributed by atoms with Crippen molar-refractivity contribution in [1.82, 2.24) is 0 Å². The van der Waals surface area contributed by atoms with Crippen LogP contribution >= 0.6 is 0 Å². The molecule has 0 aromatic carbocycles. The molecule has 0 saturated carbocycles. The van der Waals surface area contributed by atoms with E-state index in [9.17, 15) is 0 Å². The molecule has 0 fully saturated rings. The van der Waals surface area contributed by atoms with Crippen molar-refractivity contribution in [3.8, 4) is 0 Å². The third kappa shape index (κ3) is 10.4. The Morgan fingerprint density at radius 2 is 1.17 bits per heavy atom. The van der Waals surface area contributed by atoms with Crippen molar-refractivity contribution in [3.63, 3.8) is 0 Å². The van der Waals surface area contributed by atoms with Crippen LogP contribution in [0.4, 0.5) is 0 Å². The monoisotopic (exact) mass is 326 g/mol. The molecule has 1 heteroatoms. The zero-order valence-electron chi connectivity index (χ0n) is 17.1. The van der Waals surface area contributed by atoms with E-state index < -0.39 is 0 Å². The Morgan fingerprint density at radius 1 is 0.652 bits per heavy atom. The van der Waals surface area contributed by atoms with Crippen LogP contribution < -0.4 is 0 Å². The lowest BCUT2D eigenvalue weighted by Crippen LogP contribution is -2.40. The van der Waals surface area contributed by atoms with E-state index in [-0.39, 0.29) is 5.60 Å². The maximum absolute atomic E-state index is 6.54. The van der Waals surface area contributed by atoms with E-state index in [1.165, 1.54) is 83.5 Å². The first-order chi connectivity index (χ1) is 11.2. The molecule has 0 amide bonds. The zero-order valence-corrected chi connectivity index (χ0v) is 17.1. The maximum Gasteiger partial charge on any atom is 0.0707 e.